The number of amides is 3. The van der Waals surface area contributed by atoms with E-state index in [1.165, 1.54) is 6.92 Å². The van der Waals surface area contributed by atoms with Crippen LogP contribution in [0.4, 0.5) is 14.9 Å². The molecule has 1 aromatic heterocycles. The van der Waals surface area contributed by atoms with E-state index in [2.05, 4.69) is 16.8 Å². The molecule has 27 heavy (non-hydrogen) atoms. The number of urea groups is 1. The number of halogens is 5. The van der Waals surface area contributed by atoms with Crippen LogP contribution in [0.5, 0.6) is 0 Å². The van der Waals surface area contributed by atoms with Crippen LogP contribution in [0.25, 0.3) is 0 Å². The van der Waals surface area contributed by atoms with Gasteiger partial charge in [-0.1, -0.05) is 59.2 Å². The molecule has 0 aliphatic heterocycles. The Morgan fingerprint density at radius 2 is 1.89 bits per heavy atom. The predicted molar refractivity (Wildman–Crippen MR) is 99.8 cm³/mol. The molecule has 0 saturated carbocycles. The average Bonchev–Trinajstić information content (AvgIpc) is 2.56. The fraction of sp³-hybridized carbons (Fsp3) is 0.333. The van der Waals surface area contributed by atoms with Crippen molar-refractivity contribution in [1.29, 1.82) is 0 Å². The van der Waals surface area contributed by atoms with Crippen molar-refractivity contribution < 1.29 is 23.5 Å². The molecule has 2 N–H and O–H groups in total. The molecule has 0 aromatic carbocycles. The number of esters is 1. The SMILES string of the molecule is CCC#Cc1nc(Cl)c(F)c(NC(=O)NC(=O)C(Cl)(Cl)Cl)c1C(=O)OCC. The van der Waals surface area contributed by atoms with Crippen LogP contribution in [0.15, 0.2) is 0 Å². The molecule has 1 rings (SSSR count). The molecular formula is C15H12Cl4FN3O4. The lowest BCUT2D eigenvalue weighted by Gasteiger charge is -2.15. The number of imide groups is 1. The van der Waals surface area contributed by atoms with Gasteiger partial charge in [0.05, 0.1) is 12.3 Å². The lowest BCUT2D eigenvalue weighted by molar-refractivity contribution is -0.119. The summed E-state index contributed by atoms with van der Waals surface area (Å²) in [5.74, 6) is 1.63. The normalized spacial score (nSPS) is 10.5. The number of carbonyl (C=O) groups excluding carboxylic acids is 3. The van der Waals surface area contributed by atoms with Gasteiger partial charge < -0.3 is 10.1 Å². The van der Waals surface area contributed by atoms with Crippen LogP contribution >= 0.6 is 46.4 Å². The molecule has 0 aliphatic rings. The van der Waals surface area contributed by atoms with Crippen LogP contribution in [-0.2, 0) is 9.53 Å². The molecule has 1 aromatic rings. The third-order valence-corrected chi connectivity index (χ3v) is 3.45. The Kier molecular flexibility index (Phi) is 8.57. The van der Waals surface area contributed by atoms with Gasteiger partial charge in [0.15, 0.2) is 11.0 Å². The second-order valence-electron chi connectivity index (χ2n) is 4.60. The van der Waals surface area contributed by atoms with Gasteiger partial charge in [-0.3, -0.25) is 10.1 Å². The largest absolute Gasteiger partial charge is 0.462 e. The minimum Gasteiger partial charge on any atom is -0.462 e. The zero-order valence-electron chi connectivity index (χ0n) is 13.9. The summed E-state index contributed by atoms with van der Waals surface area (Å²) < 4.78 is 16.8. The van der Waals surface area contributed by atoms with Crippen LogP contribution in [-0.4, -0.2) is 33.3 Å². The van der Waals surface area contributed by atoms with E-state index in [1.54, 1.807) is 12.2 Å². The van der Waals surface area contributed by atoms with Crippen LogP contribution in [0, 0.1) is 17.7 Å². The van der Waals surface area contributed by atoms with E-state index in [4.69, 9.17) is 51.1 Å². The number of alkyl halides is 3. The van der Waals surface area contributed by atoms with E-state index < -0.39 is 43.9 Å². The van der Waals surface area contributed by atoms with Crippen molar-refractivity contribution in [2.45, 2.75) is 24.1 Å². The molecule has 0 aliphatic carbocycles. The molecule has 12 heteroatoms. The van der Waals surface area contributed by atoms with E-state index in [0.717, 1.165) is 0 Å². The number of nitrogens with one attached hydrogen (secondary N) is 2. The molecule has 0 unspecified atom stereocenters. The minimum atomic E-state index is -2.44. The molecule has 7 nitrogen and oxygen atoms in total. The molecule has 0 fully saturated rings. The smallest absolute Gasteiger partial charge is 0.343 e. The number of rotatable bonds is 3. The van der Waals surface area contributed by atoms with Gasteiger partial charge in [0.25, 0.3) is 9.70 Å². The van der Waals surface area contributed by atoms with E-state index in [9.17, 15) is 18.8 Å². The second-order valence-corrected chi connectivity index (χ2v) is 7.24. The number of aromatic nitrogens is 1. The highest BCUT2D eigenvalue weighted by atomic mass is 35.6. The Hall–Kier alpha value is -1.79. The van der Waals surface area contributed by atoms with Crippen molar-refractivity contribution in [3.63, 3.8) is 0 Å². The van der Waals surface area contributed by atoms with Crippen molar-refractivity contribution in [3.05, 3.63) is 22.2 Å². The van der Waals surface area contributed by atoms with Gasteiger partial charge in [-0.25, -0.2) is 19.0 Å². The standard InChI is InChI=1S/C15H12Cl4FN3O4/c1-3-5-6-7-8(12(24)27-4-2)10(9(20)11(16)21-7)22-14(26)23-13(25)15(17,18)19/h3-4H2,1-2H3,(H2,21,22,23,25,26). The Labute approximate surface area is 173 Å². The number of anilines is 1. The van der Waals surface area contributed by atoms with Gasteiger partial charge >= 0.3 is 12.0 Å². The average molecular weight is 459 g/mol. The molecule has 0 radical (unpaired) electrons. The highest BCUT2D eigenvalue weighted by Gasteiger charge is 2.33. The topological polar surface area (TPSA) is 97.4 Å². The highest BCUT2D eigenvalue weighted by molar-refractivity contribution is 6.76. The first-order valence-electron chi connectivity index (χ1n) is 7.27. The number of ether oxygens (including phenoxy) is 1. The Morgan fingerprint density at radius 3 is 2.41 bits per heavy atom. The minimum absolute atomic E-state index is 0.0406. The molecule has 1 heterocycles. The Bertz CT molecular complexity index is 831. The van der Waals surface area contributed by atoms with Crippen LogP contribution < -0.4 is 10.6 Å². The van der Waals surface area contributed by atoms with Gasteiger partial charge in [0.2, 0.25) is 0 Å². The van der Waals surface area contributed by atoms with Gasteiger partial charge in [0, 0.05) is 6.42 Å². The van der Waals surface area contributed by atoms with Crippen molar-refractivity contribution in [1.82, 2.24) is 10.3 Å². The first-order chi connectivity index (χ1) is 12.5. The maximum absolute atomic E-state index is 14.4. The van der Waals surface area contributed by atoms with Crippen molar-refractivity contribution in [2.75, 3.05) is 11.9 Å². The summed E-state index contributed by atoms with van der Waals surface area (Å²) in [5, 5.41) is 2.98. The molecule has 0 atom stereocenters. The number of nitrogens with zero attached hydrogens (tertiary/aromatic N) is 1. The number of hydrogen-bond acceptors (Lipinski definition) is 5. The third-order valence-electron chi connectivity index (χ3n) is 2.68. The maximum atomic E-state index is 14.4. The summed E-state index contributed by atoms with van der Waals surface area (Å²) in [6.45, 7) is 3.21. The molecule has 3 amide bonds. The fourth-order valence-corrected chi connectivity index (χ4v) is 1.96. The van der Waals surface area contributed by atoms with Crippen LogP contribution in [0.1, 0.15) is 36.3 Å². The van der Waals surface area contributed by atoms with E-state index in [0.29, 0.717) is 6.42 Å². The quantitative estimate of drug-likeness (QED) is 0.310. The van der Waals surface area contributed by atoms with E-state index >= 15 is 0 Å². The first kappa shape index (κ1) is 23.2. The maximum Gasteiger partial charge on any atom is 0.343 e. The second kappa shape index (κ2) is 9.95. The third kappa shape index (κ3) is 6.40. The fourth-order valence-electron chi connectivity index (χ4n) is 1.64. The van der Waals surface area contributed by atoms with Crippen molar-refractivity contribution in [3.8, 4) is 11.8 Å². The van der Waals surface area contributed by atoms with Gasteiger partial charge in [0.1, 0.15) is 11.3 Å². The summed E-state index contributed by atoms with van der Waals surface area (Å²) >= 11 is 21.7. The molecule has 0 bridgehead atoms. The van der Waals surface area contributed by atoms with Gasteiger partial charge in [-0.15, -0.1) is 0 Å². The molecule has 0 spiro atoms. The summed E-state index contributed by atoms with van der Waals surface area (Å²) in [4.78, 5) is 39.4. The monoisotopic (exact) mass is 457 g/mol. The Morgan fingerprint density at radius 1 is 1.26 bits per heavy atom. The van der Waals surface area contributed by atoms with Crippen molar-refractivity contribution >= 4 is 70.0 Å². The van der Waals surface area contributed by atoms with Crippen LogP contribution in [0.2, 0.25) is 5.15 Å². The lowest BCUT2D eigenvalue weighted by Crippen LogP contribution is -2.41. The highest BCUT2D eigenvalue weighted by Crippen LogP contribution is 2.29. The zero-order valence-corrected chi connectivity index (χ0v) is 16.9. The van der Waals surface area contributed by atoms with E-state index in [1.807, 2.05) is 5.32 Å². The summed E-state index contributed by atoms with van der Waals surface area (Å²) in [6.07, 6.45) is 0.403. The number of carbonyl (C=O) groups is 3. The molecular weight excluding hydrogens is 447 g/mol. The first-order valence-corrected chi connectivity index (χ1v) is 8.78. The molecule has 146 valence electrons. The number of pyridine rings is 1. The van der Waals surface area contributed by atoms with Crippen LogP contribution in [0.3, 0.4) is 0 Å². The number of hydrogen-bond donors (Lipinski definition) is 2. The predicted octanol–water partition coefficient (Wildman–Crippen LogP) is 3.83. The summed E-state index contributed by atoms with van der Waals surface area (Å²) in [5.41, 5.74) is -1.38. The van der Waals surface area contributed by atoms with Gasteiger partial charge in [-0.05, 0) is 12.8 Å². The van der Waals surface area contributed by atoms with E-state index in [-0.39, 0.29) is 12.3 Å². The molecule has 0 saturated heterocycles. The Balaban J connectivity index is 3.42. The lowest BCUT2D eigenvalue weighted by atomic mass is 10.1. The zero-order chi connectivity index (χ0) is 20.8. The van der Waals surface area contributed by atoms with Gasteiger partial charge in [-0.2, -0.15) is 0 Å². The summed E-state index contributed by atoms with van der Waals surface area (Å²) in [6, 6.07) is -1.28. The summed E-state index contributed by atoms with van der Waals surface area (Å²) in [7, 11) is 0. The van der Waals surface area contributed by atoms with Crippen molar-refractivity contribution in [2.24, 2.45) is 0 Å².